The highest BCUT2D eigenvalue weighted by Gasteiger charge is 2.36. The molecule has 0 spiro atoms. The number of amides is 2. The number of hydrogen-bond acceptors (Lipinski definition) is 5. The number of carbonyl (C=O) groups excluding carboxylic acids is 3. The van der Waals surface area contributed by atoms with Crippen molar-refractivity contribution >= 4 is 18.0 Å². The first-order chi connectivity index (χ1) is 13.6. The van der Waals surface area contributed by atoms with Gasteiger partial charge in [-0.1, -0.05) is 67.6 Å². The van der Waals surface area contributed by atoms with E-state index < -0.39 is 24.0 Å². The molecular formula is C22H24NO5. The predicted molar refractivity (Wildman–Crippen MR) is 104 cm³/mol. The largest absolute Gasteiger partial charge is 0.464 e. The fourth-order valence-corrected chi connectivity index (χ4v) is 2.65. The molecule has 147 valence electrons. The molecule has 0 aromatic heterocycles. The third-order valence-electron chi connectivity index (χ3n) is 4.03. The zero-order chi connectivity index (χ0) is 20.4. The lowest BCUT2D eigenvalue weighted by Gasteiger charge is -2.27. The van der Waals surface area contributed by atoms with Crippen molar-refractivity contribution in [3.8, 4) is 0 Å². The molecule has 0 aliphatic rings. The van der Waals surface area contributed by atoms with Crippen LogP contribution in [-0.2, 0) is 32.1 Å². The van der Waals surface area contributed by atoms with Crippen LogP contribution in [0.3, 0.4) is 0 Å². The van der Waals surface area contributed by atoms with E-state index in [1.807, 2.05) is 48.5 Å². The van der Waals surface area contributed by atoms with Gasteiger partial charge in [0.2, 0.25) is 5.91 Å². The summed E-state index contributed by atoms with van der Waals surface area (Å²) >= 11 is 0. The fourth-order valence-electron chi connectivity index (χ4n) is 2.65. The summed E-state index contributed by atoms with van der Waals surface area (Å²) < 4.78 is 10.4. The second kappa shape index (κ2) is 10.9. The number of ether oxygens (including phenoxy) is 2. The molecule has 28 heavy (non-hydrogen) atoms. The number of nitrogens with zero attached hydrogens (tertiary/aromatic N) is 1. The summed E-state index contributed by atoms with van der Waals surface area (Å²) in [6.45, 7) is 3.31. The van der Waals surface area contributed by atoms with Crippen molar-refractivity contribution in [2.24, 2.45) is 0 Å². The molecule has 0 aliphatic heterocycles. The highest BCUT2D eigenvalue weighted by atomic mass is 16.6. The Morgan fingerprint density at radius 1 is 0.929 bits per heavy atom. The Morgan fingerprint density at radius 2 is 1.50 bits per heavy atom. The van der Waals surface area contributed by atoms with E-state index in [0.717, 1.165) is 16.0 Å². The predicted octanol–water partition coefficient (Wildman–Crippen LogP) is 3.55. The second-order valence-corrected chi connectivity index (χ2v) is 5.99. The third kappa shape index (κ3) is 5.94. The van der Waals surface area contributed by atoms with Crippen LogP contribution in [-0.4, -0.2) is 35.5 Å². The van der Waals surface area contributed by atoms with Gasteiger partial charge in [-0.3, -0.25) is 4.79 Å². The molecule has 6 heteroatoms. The molecule has 0 N–H and O–H groups in total. The number of carbonyl (C=O) groups is 3. The van der Waals surface area contributed by atoms with Gasteiger partial charge in [-0.15, -0.1) is 0 Å². The Hall–Kier alpha value is -3.15. The van der Waals surface area contributed by atoms with E-state index in [0.29, 0.717) is 0 Å². The van der Waals surface area contributed by atoms with E-state index in [-0.39, 0.29) is 19.6 Å². The normalized spacial score (nSPS) is 11.4. The molecule has 0 fully saturated rings. The van der Waals surface area contributed by atoms with Gasteiger partial charge in [0.15, 0.2) is 0 Å². The number of benzene rings is 2. The third-order valence-corrected chi connectivity index (χ3v) is 4.03. The van der Waals surface area contributed by atoms with Crippen LogP contribution in [0.1, 0.15) is 25.0 Å². The molecule has 6 nitrogen and oxygen atoms in total. The van der Waals surface area contributed by atoms with Gasteiger partial charge in [0.1, 0.15) is 12.6 Å². The molecule has 1 radical (unpaired) electrons. The Labute approximate surface area is 165 Å². The van der Waals surface area contributed by atoms with Gasteiger partial charge in [0.05, 0.1) is 6.61 Å². The van der Waals surface area contributed by atoms with Crippen LogP contribution in [0.15, 0.2) is 60.7 Å². The van der Waals surface area contributed by atoms with Crippen molar-refractivity contribution in [1.29, 1.82) is 0 Å². The number of imide groups is 1. The van der Waals surface area contributed by atoms with Crippen LogP contribution in [0.25, 0.3) is 0 Å². The number of esters is 1. The summed E-state index contributed by atoms with van der Waals surface area (Å²) in [5.74, 6) is -1.27. The maximum atomic E-state index is 12.7. The average molecular weight is 382 g/mol. The smallest absolute Gasteiger partial charge is 0.417 e. The van der Waals surface area contributed by atoms with E-state index in [4.69, 9.17) is 9.47 Å². The van der Waals surface area contributed by atoms with Gasteiger partial charge in [0, 0.05) is 12.8 Å². The summed E-state index contributed by atoms with van der Waals surface area (Å²) in [4.78, 5) is 38.6. The van der Waals surface area contributed by atoms with Gasteiger partial charge in [-0.25, -0.2) is 14.5 Å². The maximum absolute atomic E-state index is 12.7. The van der Waals surface area contributed by atoms with Gasteiger partial charge in [-0.05, 0) is 18.1 Å². The number of rotatable bonds is 8. The minimum atomic E-state index is -1.12. The van der Waals surface area contributed by atoms with Gasteiger partial charge in [0.25, 0.3) is 0 Å². The van der Waals surface area contributed by atoms with E-state index in [2.05, 4.69) is 0 Å². The first-order valence-corrected chi connectivity index (χ1v) is 9.10. The highest BCUT2D eigenvalue weighted by molar-refractivity contribution is 6.00. The van der Waals surface area contributed by atoms with Gasteiger partial charge < -0.3 is 9.47 Å². The lowest BCUT2D eigenvalue weighted by Crippen LogP contribution is -2.50. The van der Waals surface area contributed by atoms with E-state index >= 15 is 0 Å². The lowest BCUT2D eigenvalue weighted by molar-refractivity contribution is -0.152. The zero-order valence-electron chi connectivity index (χ0n) is 16.0. The van der Waals surface area contributed by atoms with Crippen LogP contribution < -0.4 is 0 Å². The highest BCUT2D eigenvalue weighted by Crippen LogP contribution is 2.15. The Bertz CT molecular complexity index is 776. The van der Waals surface area contributed by atoms with E-state index in [9.17, 15) is 14.4 Å². The topological polar surface area (TPSA) is 72.9 Å². The molecule has 0 bridgehead atoms. The fraction of sp³-hybridized carbons (Fsp3) is 0.273. The Balaban J connectivity index is 2.24. The standard InChI is InChI=1S/C22H24NO5/c1-3-20(24)23(22(26)28-16-18-13-9-6-10-14-18)19(21(25)27-4-2)15-17-11-7-5-8-12-17/h3,5-14,19H,4,15-16H2,1-2H3. The lowest BCUT2D eigenvalue weighted by atomic mass is 10.0. The number of hydrogen-bond donors (Lipinski definition) is 0. The summed E-state index contributed by atoms with van der Waals surface area (Å²) in [5, 5.41) is 0. The quantitative estimate of drug-likeness (QED) is 0.653. The monoisotopic (exact) mass is 382 g/mol. The van der Waals surface area contributed by atoms with Crippen molar-refractivity contribution in [3.63, 3.8) is 0 Å². The maximum Gasteiger partial charge on any atom is 0.417 e. The first-order valence-electron chi connectivity index (χ1n) is 9.10. The van der Waals surface area contributed by atoms with Crippen LogP contribution in [0.4, 0.5) is 4.79 Å². The van der Waals surface area contributed by atoms with Crippen molar-refractivity contribution in [3.05, 3.63) is 78.2 Å². The molecule has 0 heterocycles. The SMILES string of the molecule is C[CH]C(=O)N(C(=O)OCc1ccccc1)C(Cc1ccccc1)C(=O)OCC. The van der Waals surface area contributed by atoms with Crippen molar-refractivity contribution in [2.75, 3.05) is 6.61 Å². The van der Waals surface area contributed by atoms with E-state index in [1.165, 1.54) is 13.3 Å². The molecule has 1 unspecified atom stereocenters. The molecule has 0 saturated carbocycles. The van der Waals surface area contributed by atoms with Crippen molar-refractivity contribution in [1.82, 2.24) is 4.90 Å². The van der Waals surface area contributed by atoms with Gasteiger partial charge >= 0.3 is 12.1 Å². The molecule has 0 saturated heterocycles. The Kier molecular flexibility index (Phi) is 8.21. The Morgan fingerprint density at radius 3 is 2.04 bits per heavy atom. The minimum Gasteiger partial charge on any atom is -0.464 e. The van der Waals surface area contributed by atoms with Crippen LogP contribution >= 0.6 is 0 Å². The first kappa shape index (κ1) is 21.2. The molecular weight excluding hydrogens is 358 g/mol. The average Bonchev–Trinajstić information content (AvgIpc) is 2.73. The summed E-state index contributed by atoms with van der Waals surface area (Å²) in [6, 6.07) is 17.1. The van der Waals surface area contributed by atoms with Crippen molar-refractivity contribution in [2.45, 2.75) is 32.9 Å². The molecule has 1 atom stereocenters. The molecule has 2 amide bonds. The van der Waals surface area contributed by atoms with Crippen LogP contribution in [0.2, 0.25) is 0 Å². The zero-order valence-corrected chi connectivity index (χ0v) is 16.0. The minimum absolute atomic E-state index is 0.00590. The molecule has 0 aliphatic carbocycles. The summed E-state index contributed by atoms with van der Waals surface area (Å²) in [5.41, 5.74) is 1.57. The van der Waals surface area contributed by atoms with Gasteiger partial charge in [-0.2, -0.15) is 0 Å². The van der Waals surface area contributed by atoms with E-state index in [1.54, 1.807) is 19.1 Å². The molecule has 2 aromatic carbocycles. The summed E-state index contributed by atoms with van der Waals surface area (Å²) in [6.07, 6.45) is 0.474. The van der Waals surface area contributed by atoms with Crippen molar-refractivity contribution < 1.29 is 23.9 Å². The summed E-state index contributed by atoms with van der Waals surface area (Å²) in [7, 11) is 0. The van der Waals surface area contributed by atoms with Crippen LogP contribution in [0.5, 0.6) is 0 Å². The second-order valence-electron chi connectivity index (χ2n) is 5.99. The molecule has 2 aromatic rings. The molecule has 2 rings (SSSR count). The van der Waals surface area contributed by atoms with Crippen LogP contribution in [0, 0.1) is 6.42 Å².